The maximum Gasteiger partial charge on any atom is 0.339 e. The highest BCUT2D eigenvalue weighted by molar-refractivity contribution is 6.36. The van der Waals surface area contributed by atoms with Gasteiger partial charge in [0.05, 0.1) is 24.3 Å². The molecule has 0 amide bonds. The SMILES string of the molecule is COC(=O)c1cc(Cl)c(CO)cc1Cl. The Morgan fingerprint density at radius 3 is 2.57 bits per heavy atom. The molecular weight excluding hydrogens is 227 g/mol. The summed E-state index contributed by atoms with van der Waals surface area (Å²) >= 11 is 11.6. The fraction of sp³-hybridized carbons (Fsp3) is 0.222. The normalized spacial score (nSPS) is 10.0. The first-order chi connectivity index (χ1) is 6.60. The number of esters is 1. The summed E-state index contributed by atoms with van der Waals surface area (Å²) in [5.74, 6) is -0.554. The van der Waals surface area contributed by atoms with E-state index in [0.29, 0.717) is 5.56 Å². The van der Waals surface area contributed by atoms with Gasteiger partial charge >= 0.3 is 5.97 Å². The zero-order chi connectivity index (χ0) is 10.7. The number of benzene rings is 1. The standard InChI is InChI=1S/C9H8Cl2O3/c1-14-9(13)6-3-7(10)5(4-12)2-8(6)11/h2-3,12H,4H2,1H3. The lowest BCUT2D eigenvalue weighted by atomic mass is 10.1. The van der Waals surface area contributed by atoms with E-state index < -0.39 is 5.97 Å². The summed E-state index contributed by atoms with van der Waals surface area (Å²) < 4.78 is 4.50. The van der Waals surface area contributed by atoms with Crippen molar-refractivity contribution in [2.75, 3.05) is 7.11 Å². The van der Waals surface area contributed by atoms with Gasteiger partial charge in [-0.3, -0.25) is 0 Å². The molecule has 0 saturated carbocycles. The lowest BCUT2D eigenvalue weighted by Crippen LogP contribution is -2.03. The second-order valence-electron chi connectivity index (χ2n) is 2.57. The van der Waals surface area contributed by atoms with Gasteiger partial charge in [-0.15, -0.1) is 0 Å². The van der Waals surface area contributed by atoms with Crippen LogP contribution < -0.4 is 0 Å². The molecular formula is C9H8Cl2O3. The van der Waals surface area contributed by atoms with Crippen LogP contribution in [-0.4, -0.2) is 18.2 Å². The van der Waals surface area contributed by atoms with E-state index in [1.807, 2.05) is 0 Å². The highest BCUT2D eigenvalue weighted by Gasteiger charge is 2.13. The summed E-state index contributed by atoms with van der Waals surface area (Å²) in [5, 5.41) is 9.37. The first kappa shape index (κ1) is 11.3. The van der Waals surface area contributed by atoms with Crippen molar-refractivity contribution in [1.82, 2.24) is 0 Å². The molecule has 5 heteroatoms. The average molecular weight is 235 g/mol. The zero-order valence-corrected chi connectivity index (χ0v) is 8.89. The Kier molecular flexibility index (Phi) is 3.75. The molecule has 1 N–H and O–H groups in total. The summed E-state index contributed by atoms with van der Waals surface area (Å²) in [6.45, 7) is -0.222. The number of methoxy groups -OCH3 is 1. The molecule has 0 unspecified atom stereocenters. The van der Waals surface area contributed by atoms with E-state index >= 15 is 0 Å². The lowest BCUT2D eigenvalue weighted by Gasteiger charge is -2.06. The maximum absolute atomic E-state index is 11.2. The van der Waals surface area contributed by atoms with Crippen molar-refractivity contribution in [3.63, 3.8) is 0 Å². The molecule has 0 bridgehead atoms. The van der Waals surface area contributed by atoms with E-state index in [2.05, 4.69) is 4.74 Å². The molecule has 0 aliphatic rings. The molecule has 1 aromatic rings. The van der Waals surface area contributed by atoms with Gasteiger partial charge in [-0.05, 0) is 17.7 Å². The Morgan fingerprint density at radius 1 is 1.43 bits per heavy atom. The van der Waals surface area contributed by atoms with Crippen LogP contribution in [0.2, 0.25) is 10.0 Å². The van der Waals surface area contributed by atoms with Gasteiger partial charge in [0.2, 0.25) is 0 Å². The van der Waals surface area contributed by atoms with Crippen LogP contribution in [-0.2, 0) is 11.3 Å². The third kappa shape index (κ3) is 2.18. The van der Waals surface area contributed by atoms with Crippen LogP contribution in [0.15, 0.2) is 12.1 Å². The van der Waals surface area contributed by atoms with E-state index in [1.54, 1.807) is 0 Å². The minimum atomic E-state index is -0.554. The Hall–Kier alpha value is -0.770. The number of aliphatic hydroxyl groups excluding tert-OH is 1. The van der Waals surface area contributed by atoms with Crippen LogP contribution in [0.1, 0.15) is 15.9 Å². The van der Waals surface area contributed by atoms with Gasteiger partial charge in [-0.25, -0.2) is 4.79 Å². The molecule has 1 aromatic carbocycles. The van der Waals surface area contributed by atoms with Gasteiger partial charge in [0, 0.05) is 5.02 Å². The van der Waals surface area contributed by atoms with Crippen molar-refractivity contribution in [3.8, 4) is 0 Å². The molecule has 76 valence electrons. The first-order valence-corrected chi connectivity index (χ1v) is 4.52. The van der Waals surface area contributed by atoms with Gasteiger partial charge in [0.25, 0.3) is 0 Å². The molecule has 0 aliphatic heterocycles. The maximum atomic E-state index is 11.2. The number of carbonyl (C=O) groups is 1. The quantitative estimate of drug-likeness (QED) is 0.799. The Balaban J connectivity index is 3.21. The molecule has 0 saturated heterocycles. The van der Waals surface area contributed by atoms with Crippen LogP contribution in [0.3, 0.4) is 0 Å². The molecule has 0 spiro atoms. The minimum Gasteiger partial charge on any atom is -0.465 e. The topological polar surface area (TPSA) is 46.5 Å². The summed E-state index contributed by atoms with van der Waals surface area (Å²) in [6, 6.07) is 2.82. The van der Waals surface area contributed by atoms with Crippen molar-refractivity contribution in [2.45, 2.75) is 6.61 Å². The molecule has 14 heavy (non-hydrogen) atoms. The van der Waals surface area contributed by atoms with Crippen molar-refractivity contribution in [3.05, 3.63) is 33.3 Å². The molecule has 1 rings (SSSR count). The van der Waals surface area contributed by atoms with Crippen molar-refractivity contribution < 1.29 is 14.6 Å². The third-order valence-corrected chi connectivity index (χ3v) is 2.38. The number of aliphatic hydroxyl groups is 1. The first-order valence-electron chi connectivity index (χ1n) is 3.77. The highest BCUT2D eigenvalue weighted by Crippen LogP contribution is 2.25. The predicted molar refractivity (Wildman–Crippen MR) is 53.7 cm³/mol. The van der Waals surface area contributed by atoms with Crippen LogP contribution in [0, 0.1) is 0 Å². The highest BCUT2D eigenvalue weighted by atomic mass is 35.5. The molecule has 0 radical (unpaired) electrons. The number of carbonyl (C=O) groups excluding carboxylic acids is 1. The number of hydrogen-bond acceptors (Lipinski definition) is 3. The third-order valence-electron chi connectivity index (χ3n) is 1.71. The van der Waals surface area contributed by atoms with Gasteiger partial charge in [-0.2, -0.15) is 0 Å². The molecule has 0 fully saturated rings. The fourth-order valence-electron chi connectivity index (χ4n) is 0.976. The Labute approximate surface area is 91.2 Å². The number of ether oxygens (including phenoxy) is 1. The second-order valence-corrected chi connectivity index (χ2v) is 3.39. The summed E-state index contributed by atoms with van der Waals surface area (Å²) in [7, 11) is 1.26. The summed E-state index contributed by atoms with van der Waals surface area (Å²) in [4.78, 5) is 11.2. The predicted octanol–water partition coefficient (Wildman–Crippen LogP) is 2.27. The van der Waals surface area contributed by atoms with Crippen molar-refractivity contribution in [2.24, 2.45) is 0 Å². The molecule has 0 heterocycles. The van der Waals surface area contributed by atoms with Crippen LogP contribution in [0.25, 0.3) is 0 Å². The molecule has 3 nitrogen and oxygen atoms in total. The van der Waals surface area contributed by atoms with Gasteiger partial charge in [0.1, 0.15) is 0 Å². The van der Waals surface area contributed by atoms with E-state index in [-0.39, 0.29) is 22.2 Å². The zero-order valence-electron chi connectivity index (χ0n) is 7.38. The lowest BCUT2D eigenvalue weighted by molar-refractivity contribution is 0.0601. The number of hydrogen-bond donors (Lipinski definition) is 1. The van der Waals surface area contributed by atoms with Gasteiger partial charge < -0.3 is 9.84 Å². The van der Waals surface area contributed by atoms with E-state index in [4.69, 9.17) is 28.3 Å². The Morgan fingerprint density at radius 2 is 2.07 bits per heavy atom. The second kappa shape index (κ2) is 4.64. The average Bonchev–Trinajstić information content (AvgIpc) is 2.19. The number of rotatable bonds is 2. The fourth-order valence-corrected chi connectivity index (χ4v) is 1.46. The largest absolute Gasteiger partial charge is 0.465 e. The van der Waals surface area contributed by atoms with Gasteiger partial charge in [-0.1, -0.05) is 23.2 Å². The smallest absolute Gasteiger partial charge is 0.339 e. The molecule has 0 aliphatic carbocycles. The number of halogens is 2. The van der Waals surface area contributed by atoms with Crippen molar-refractivity contribution in [1.29, 1.82) is 0 Å². The molecule has 0 atom stereocenters. The van der Waals surface area contributed by atoms with Crippen LogP contribution in [0.5, 0.6) is 0 Å². The monoisotopic (exact) mass is 234 g/mol. The van der Waals surface area contributed by atoms with Crippen LogP contribution in [0.4, 0.5) is 0 Å². The van der Waals surface area contributed by atoms with Crippen molar-refractivity contribution >= 4 is 29.2 Å². The summed E-state index contributed by atoms with van der Waals surface area (Å²) in [5.41, 5.74) is 0.667. The van der Waals surface area contributed by atoms with E-state index in [1.165, 1.54) is 19.2 Å². The van der Waals surface area contributed by atoms with E-state index in [9.17, 15) is 4.79 Å². The van der Waals surface area contributed by atoms with Gasteiger partial charge in [0.15, 0.2) is 0 Å². The van der Waals surface area contributed by atoms with Crippen LogP contribution >= 0.6 is 23.2 Å². The minimum absolute atomic E-state index is 0.191. The van der Waals surface area contributed by atoms with E-state index in [0.717, 1.165) is 0 Å². The summed E-state index contributed by atoms with van der Waals surface area (Å²) in [6.07, 6.45) is 0. The Bertz CT molecular complexity index is 363. The molecule has 0 aromatic heterocycles.